The highest BCUT2D eigenvalue weighted by molar-refractivity contribution is 6.33. The van der Waals surface area contributed by atoms with Gasteiger partial charge in [0.15, 0.2) is 0 Å². The summed E-state index contributed by atoms with van der Waals surface area (Å²) in [5, 5.41) is 11.9. The Morgan fingerprint density at radius 1 is 1.63 bits per heavy atom. The molecule has 1 aliphatic carbocycles. The van der Waals surface area contributed by atoms with Crippen LogP contribution in [-0.2, 0) is 0 Å². The molecule has 5 nitrogen and oxygen atoms in total. The quantitative estimate of drug-likeness (QED) is 0.897. The average Bonchev–Trinajstić information content (AvgIpc) is 3.24. The molecule has 1 amide bonds. The van der Waals surface area contributed by atoms with E-state index in [2.05, 4.69) is 16.4 Å². The maximum absolute atomic E-state index is 12.5. The van der Waals surface area contributed by atoms with Crippen LogP contribution in [0.25, 0.3) is 0 Å². The van der Waals surface area contributed by atoms with Crippen molar-refractivity contribution in [3.8, 4) is 6.07 Å². The first-order valence-electron chi connectivity index (χ1n) is 6.19. The van der Waals surface area contributed by atoms with Crippen molar-refractivity contribution in [1.29, 1.82) is 5.26 Å². The molecule has 0 radical (unpaired) electrons. The summed E-state index contributed by atoms with van der Waals surface area (Å²) in [7, 11) is 1.73. The molecule has 6 heteroatoms. The lowest BCUT2D eigenvalue weighted by Gasteiger charge is -2.21. The molecular weight excluding hydrogens is 264 g/mol. The van der Waals surface area contributed by atoms with Crippen LogP contribution >= 0.6 is 11.6 Å². The third-order valence-corrected chi connectivity index (χ3v) is 3.32. The minimum Gasteiger partial charge on any atom is -0.373 e. The van der Waals surface area contributed by atoms with Crippen molar-refractivity contribution in [2.24, 2.45) is 0 Å². The van der Waals surface area contributed by atoms with E-state index in [0.29, 0.717) is 23.8 Å². The summed E-state index contributed by atoms with van der Waals surface area (Å²) in [6.07, 6.45) is 2.30. The third kappa shape index (κ3) is 3.15. The van der Waals surface area contributed by atoms with E-state index in [0.717, 1.165) is 12.8 Å². The van der Waals surface area contributed by atoms with Crippen molar-refractivity contribution < 1.29 is 4.79 Å². The molecule has 100 valence electrons. The number of carbonyl (C=O) groups excluding carboxylic acids is 1. The average molecular weight is 279 g/mol. The Bertz CT molecular complexity index is 522. The molecule has 1 aromatic rings. The second-order valence-corrected chi connectivity index (χ2v) is 4.82. The molecule has 0 bridgehead atoms. The largest absolute Gasteiger partial charge is 0.373 e. The number of carbonyl (C=O) groups is 1. The molecule has 0 aliphatic heterocycles. The van der Waals surface area contributed by atoms with Crippen LogP contribution in [0, 0.1) is 11.3 Å². The van der Waals surface area contributed by atoms with Gasteiger partial charge in [-0.25, -0.2) is 4.98 Å². The van der Waals surface area contributed by atoms with Crippen LogP contribution in [0.5, 0.6) is 0 Å². The first-order valence-corrected chi connectivity index (χ1v) is 6.57. The minimum absolute atomic E-state index is 0.195. The zero-order valence-corrected chi connectivity index (χ0v) is 11.4. The van der Waals surface area contributed by atoms with E-state index < -0.39 is 0 Å². The number of aromatic nitrogens is 1. The molecule has 2 rings (SSSR count). The van der Waals surface area contributed by atoms with E-state index in [1.54, 1.807) is 24.1 Å². The van der Waals surface area contributed by atoms with Crippen molar-refractivity contribution in [2.45, 2.75) is 25.3 Å². The van der Waals surface area contributed by atoms with Gasteiger partial charge < -0.3 is 10.2 Å². The number of hydrogen-bond donors (Lipinski definition) is 1. The number of amides is 1. The van der Waals surface area contributed by atoms with Gasteiger partial charge in [-0.2, -0.15) is 5.26 Å². The van der Waals surface area contributed by atoms with Gasteiger partial charge in [-0.1, -0.05) is 11.6 Å². The zero-order chi connectivity index (χ0) is 13.8. The second-order valence-electron chi connectivity index (χ2n) is 4.41. The first-order chi connectivity index (χ1) is 9.17. The first kappa shape index (κ1) is 13.6. The Morgan fingerprint density at radius 2 is 2.37 bits per heavy atom. The number of rotatable bonds is 5. The number of nitrogens with zero attached hydrogens (tertiary/aromatic N) is 3. The van der Waals surface area contributed by atoms with Gasteiger partial charge in [-0.05, 0) is 25.0 Å². The molecule has 0 aromatic carbocycles. The monoisotopic (exact) mass is 278 g/mol. The van der Waals surface area contributed by atoms with Crippen LogP contribution in [-0.4, -0.2) is 35.4 Å². The van der Waals surface area contributed by atoms with Crippen molar-refractivity contribution in [3.05, 3.63) is 22.8 Å². The number of nitrogens with one attached hydrogen (secondary N) is 1. The second kappa shape index (κ2) is 5.89. The fourth-order valence-electron chi connectivity index (χ4n) is 1.87. The van der Waals surface area contributed by atoms with Crippen LogP contribution in [0.2, 0.25) is 5.02 Å². The van der Waals surface area contributed by atoms with Crippen LogP contribution in [0.3, 0.4) is 0 Å². The van der Waals surface area contributed by atoms with Crippen LogP contribution in [0.4, 0.5) is 5.82 Å². The summed E-state index contributed by atoms with van der Waals surface area (Å²) in [5.74, 6) is 0.406. The molecule has 1 N–H and O–H groups in total. The van der Waals surface area contributed by atoms with E-state index in [1.807, 2.05) is 0 Å². The minimum atomic E-state index is -0.195. The van der Waals surface area contributed by atoms with Gasteiger partial charge in [0.2, 0.25) is 0 Å². The van der Waals surface area contributed by atoms with Gasteiger partial charge in [0.05, 0.1) is 17.5 Å². The standard InChI is InChI=1S/C13H15ClN4O/c1-16-11-6-5-10(14)12(17-11)13(19)18(8-2-7-15)9-3-4-9/h5-6,9H,2-4,8H2,1H3,(H,16,17). The third-order valence-electron chi connectivity index (χ3n) is 3.02. The number of hydrogen-bond acceptors (Lipinski definition) is 4. The normalized spacial score (nSPS) is 13.7. The smallest absolute Gasteiger partial charge is 0.274 e. The molecule has 0 unspecified atom stereocenters. The SMILES string of the molecule is CNc1ccc(Cl)c(C(=O)N(CCC#N)C2CC2)n1. The molecule has 1 saturated carbocycles. The molecule has 0 saturated heterocycles. The van der Waals surface area contributed by atoms with Gasteiger partial charge >= 0.3 is 0 Å². The van der Waals surface area contributed by atoms with E-state index in [-0.39, 0.29) is 17.6 Å². The summed E-state index contributed by atoms with van der Waals surface area (Å²) in [6.45, 7) is 0.432. The van der Waals surface area contributed by atoms with Crippen molar-refractivity contribution >= 4 is 23.3 Å². The molecule has 1 aromatic heterocycles. The maximum Gasteiger partial charge on any atom is 0.274 e. The Balaban J connectivity index is 2.23. The summed E-state index contributed by atoms with van der Waals surface area (Å²) in [6, 6.07) is 5.67. The van der Waals surface area contributed by atoms with Crippen LogP contribution in [0.15, 0.2) is 12.1 Å². The molecular formula is C13H15ClN4O. The highest BCUT2D eigenvalue weighted by Crippen LogP contribution is 2.29. The predicted molar refractivity (Wildman–Crippen MR) is 73.1 cm³/mol. The number of nitriles is 1. The van der Waals surface area contributed by atoms with Crippen LogP contribution < -0.4 is 5.32 Å². The van der Waals surface area contributed by atoms with Gasteiger partial charge in [0.25, 0.3) is 5.91 Å². The molecule has 1 aliphatic rings. The lowest BCUT2D eigenvalue weighted by atomic mass is 10.2. The zero-order valence-electron chi connectivity index (χ0n) is 10.7. The van der Waals surface area contributed by atoms with Crippen molar-refractivity contribution in [3.63, 3.8) is 0 Å². The fraction of sp³-hybridized carbons (Fsp3) is 0.462. The summed E-state index contributed by atoms with van der Waals surface area (Å²) in [5.41, 5.74) is 0.248. The Morgan fingerprint density at radius 3 is 2.95 bits per heavy atom. The van der Waals surface area contributed by atoms with E-state index >= 15 is 0 Å². The highest BCUT2D eigenvalue weighted by atomic mass is 35.5. The number of pyridine rings is 1. The van der Waals surface area contributed by atoms with E-state index in [9.17, 15) is 4.79 Å². The van der Waals surface area contributed by atoms with Crippen molar-refractivity contribution in [1.82, 2.24) is 9.88 Å². The van der Waals surface area contributed by atoms with Crippen molar-refractivity contribution in [2.75, 3.05) is 18.9 Å². The predicted octanol–water partition coefficient (Wildman–Crippen LogP) is 2.29. The molecule has 1 fully saturated rings. The molecule has 0 spiro atoms. The van der Waals surface area contributed by atoms with E-state index in [4.69, 9.17) is 16.9 Å². The van der Waals surface area contributed by atoms with Gasteiger partial charge in [-0.15, -0.1) is 0 Å². The fourth-order valence-corrected chi connectivity index (χ4v) is 2.06. The topological polar surface area (TPSA) is 69.0 Å². The summed E-state index contributed by atoms with van der Waals surface area (Å²) >= 11 is 6.05. The van der Waals surface area contributed by atoms with Gasteiger partial charge in [0.1, 0.15) is 11.5 Å². The Labute approximate surface area is 117 Å². The lowest BCUT2D eigenvalue weighted by molar-refractivity contribution is 0.0741. The lowest BCUT2D eigenvalue weighted by Crippen LogP contribution is -2.34. The van der Waals surface area contributed by atoms with Gasteiger partial charge in [0, 0.05) is 19.6 Å². The maximum atomic E-state index is 12.5. The number of halogens is 1. The Kier molecular flexibility index (Phi) is 4.23. The van der Waals surface area contributed by atoms with Gasteiger partial charge in [-0.3, -0.25) is 4.79 Å². The summed E-state index contributed by atoms with van der Waals surface area (Å²) in [4.78, 5) is 18.4. The van der Waals surface area contributed by atoms with E-state index in [1.165, 1.54) is 0 Å². The highest BCUT2D eigenvalue weighted by Gasteiger charge is 2.34. The molecule has 19 heavy (non-hydrogen) atoms. The molecule has 0 atom stereocenters. The summed E-state index contributed by atoms with van der Waals surface area (Å²) < 4.78 is 0. The molecule has 1 heterocycles. The van der Waals surface area contributed by atoms with Crippen LogP contribution in [0.1, 0.15) is 29.8 Å². The number of anilines is 1. The Hall–Kier alpha value is -1.80.